The van der Waals surface area contributed by atoms with Crippen LogP contribution in [0.3, 0.4) is 0 Å². The molecule has 0 N–H and O–H groups in total. The fourth-order valence-electron chi connectivity index (χ4n) is 9.71. The Morgan fingerprint density at radius 2 is 1.15 bits per heavy atom. The molecule has 0 radical (unpaired) electrons. The Bertz CT molecular complexity index is 3010. The molecule has 2 atom stereocenters. The second kappa shape index (κ2) is 14.4. The maximum absolute atomic E-state index is 2.53. The Balaban J connectivity index is 0.898. The Labute approximate surface area is 351 Å². The van der Waals surface area contributed by atoms with Crippen molar-refractivity contribution in [2.75, 3.05) is 4.90 Å². The molecular weight excluding hydrogens is 731 g/mol. The summed E-state index contributed by atoms with van der Waals surface area (Å²) in [5.41, 5.74) is 16.7. The number of benzene rings is 7. The summed E-state index contributed by atoms with van der Waals surface area (Å²) in [4.78, 5) is 2.53. The van der Waals surface area contributed by atoms with Crippen LogP contribution in [0.2, 0.25) is 0 Å². The topological polar surface area (TPSA) is 3.24 Å². The highest BCUT2D eigenvalue weighted by molar-refractivity contribution is 7.25. The lowest BCUT2D eigenvalue weighted by atomic mass is 9.81. The fourth-order valence-corrected chi connectivity index (χ4v) is 10.8. The summed E-state index contributed by atoms with van der Waals surface area (Å²) < 4.78 is 2.66. The molecule has 0 aliphatic heterocycles. The first-order valence-corrected chi connectivity index (χ1v) is 21.8. The van der Waals surface area contributed by atoms with E-state index in [1.165, 1.54) is 92.8 Å². The van der Waals surface area contributed by atoms with Crippen LogP contribution in [0.25, 0.3) is 59.1 Å². The molecule has 8 aromatic rings. The average Bonchev–Trinajstić information content (AvgIpc) is 3.78. The molecule has 3 aliphatic rings. The summed E-state index contributed by atoms with van der Waals surface area (Å²) in [5.74, 6) is 0.470. The van der Waals surface area contributed by atoms with Crippen LogP contribution >= 0.6 is 11.3 Å². The third-order valence-corrected chi connectivity index (χ3v) is 14.1. The number of para-hydroxylation sites is 1. The summed E-state index contributed by atoms with van der Waals surface area (Å²) in [6.07, 6.45) is 18.0. The van der Waals surface area contributed by atoms with Crippen LogP contribution in [0.4, 0.5) is 11.4 Å². The van der Waals surface area contributed by atoms with E-state index >= 15 is 0 Å². The first-order chi connectivity index (χ1) is 29.0. The van der Waals surface area contributed by atoms with Gasteiger partial charge in [-0.2, -0.15) is 0 Å². The molecule has 0 amide bonds. The molecule has 1 nitrogen and oxygen atoms in total. The van der Waals surface area contributed by atoms with Gasteiger partial charge in [0.1, 0.15) is 0 Å². The second-order valence-corrected chi connectivity index (χ2v) is 17.9. The van der Waals surface area contributed by atoms with Crippen molar-refractivity contribution in [3.05, 3.63) is 223 Å². The van der Waals surface area contributed by atoms with E-state index in [0.29, 0.717) is 5.92 Å². The zero-order chi connectivity index (χ0) is 39.5. The zero-order valence-electron chi connectivity index (χ0n) is 33.5. The minimum absolute atomic E-state index is 0.159. The molecule has 2 heteroatoms. The van der Waals surface area contributed by atoms with Gasteiger partial charge in [-0.05, 0) is 129 Å². The van der Waals surface area contributed by atoms with E-state index in [9.17, 15) is 0 Å². The molecule has 284 valence electrons. The van der Waals surface area contributed by atoms with Gasteiger partial charge in [-0.25, -0.2) is 0 Å². The standard InChI is InChI=1S/C57H45NS/c1-57(2)53-36-45(44-26-33-56-52(35-44)51-34-43(25-32-55(51)59-56)39-14-8-4-9-15-39)24-30-49(53)50-31-29-48(37-54(50)57)58(46-16-10-5-11-17-46)47-27-22-42(23-28-47)41-20-18-40(19-21-41)38-12-6-3-7-13-38/h3-12,14-27,29-38,47H,13,28H2,1-2H3. The van der Waals surface area contributed by atoms with E-state index < -0.39 is 0 Å². The highest BCUT2D eigenvalue weighted by Crippen LogP contribution is 2.51. The predicted molar refractivity (Wildman–Crippen MR) is 254 cm³/mol. The molecule has 59 heavy (non-hydrogen) atoms. The lowest BCUT2D eigenvalue weighted by Gasteiger charge is -2.34. The van der Waals surface area contributed by atoms with Crippen LogP contribution in [-0.2, 0) is 5.41 Å². The number of thiophene rings is 1. The summed E-state index contributed by atoms with van der Waals surface area (Å²) >= 11 is 1.88. The summed E-state index contributed by atoms with van der Waals surface area (Å²) in [6, 6.07) is 59.3. The van der Waals surface area contributed by atoms with Crippen molar-refractivity contribution in [1.29, 1.82) is 0 Å². The quantitative estimate of drug-likeness (QED) is 0.156. The fraction of sp³-hybridized carbons (Fsp3) is 0.123. The molecule has 1 heterocycles. The van der Waals surface area contributed by atoms with E-state index in [1.54, 1.807) is 0 Å². The molecule has 0 fully saturated rings. The van der Waals surface area contributed by atoms with Gasteiger partial charge in [-0.15, -0.1) is 11.3 Å². The van der Waals surface area contributed by atoms with Gasteiger partial charge in [0.25, 0.3) is 0 Å². The normalized spacial score (nSPS) is 17.6. The van der Waals surface area contributed by atoms with Gasteiger partial charge in [-0.1, -0.05) is 160 Å². The number of hydrogen-bond acceptors (Lipinski definition) is 2. The van der Waals surface area contributed by atoms with Gasteiger partial charge in [0, 0.05) is 42.9 Å². The van der Waals surface area contributed by atoms with Gasteiger partial charge < -0.3 is 4.90 Å². The van der Waals surface area contributed by atoms with Gasteiger partial charge in [0.2, 0.25) is 0 Å². The van der Waals surface area contributed by atoms with E-state index in [0.717, 1.165) is 12.8 Å². The number of hydrogen-bond donors (Lipinski definition) is 0. The van der Waals surface area contributed by atoms with E-state index in [2.05, 4.69) is 219 Å². The molecule has 2 unspecified atom stereocenters. The SMILES string of the molecule is CC1(C)c2cc(-c3ccc4sc5ccc(-c6ccccc6)cc5c4c3)ccc2-c2ccc(N(c3ccccc3)C3C=CC(c4ccc(C5C=CC=CC5)cc4)=CC3)cc21. The minimum Gasteiger partial charge on any atom is -0.334 e. The predicted octanol–water partition coefficient (Wildman–Crippen LogP) is 15.8. The van der Waals surface area contributed by atoms with Crippen molar-refractivity contribution in [2.45, 2.75) is 44.1 Å². The van der Waals surface area contributed by atoms with Crippen LogP contribution in [0.1, 0.15) is 54.9 Å². The smallest absolute Gasteiger partial charge is 0.0560 e. The molecule has 0 saturated carbocycles. The Kier molecular flexibility index (Phi) is 8.71. The van der Waals surface area contributed by atoms with Gasteiger partial charge in [0.05, 0.1) is 6.04 Å². The molecular formula is C57H45NS. The van der Waals surface area contributed by atoms with Crippen LogP contribution in [0.5, 0.6) is 0 Å². The number of allylic oxidation sites excluding steroid dienone is 6. The first-order valence-electron chi connectivity index (χ1n) is 21.0. The largest absolute Gasteiger partial charge is 0.334 e. The summed E-state index contributed by atoms with van der Waals surface area (Å²) in [5, 5.41) is 2.66. The highest BCUT2D eigenvalue weighted by atomic mass is 32.1. The first kappa shape index (κ1) is 35.7. The lowest BCUT2D eigenvalue weighted by Crippen LogP contribution is -2.30. The lowest BCUT2D eigenvalue weighted by molar-refractivity contribution is 0.660. The van der Waals surface area contributed by atoms with Gasteiger partial charge >= 0.3 is 0 Å². The Hall–Kier alpha value is -6.48. The number of nitrogens with zero attached hydrogens (tertiary/aromatic N) is 1. The Morgan fingerprint density at radius 1 is 0.525 bits per heavy atom. The van der Waals surface area contributed by atoms with Crippen molar-refractivity contribution in [1.82, 2.24) is 0 Å². The van der Waals surface area contributed by atoms with Crippen LogP contribution < -0.4 is 4.90 Å². The number of rotatable bonds is 7. The van der Waals surface area contributed by atoms with Crippen molar-refractivity contribution in [3.8, 4) is 33.4 Å². The number of fused-ring (bicyclic) bond motifs is 6. The van der Waals surface area contributed by atoms with Crippen molar-refractivity contribution in [3.63, 3.8) is 0 Å². The van der Waals surface area contributed by atoms with Crippen molar-refractivity contribution < 1.29 is 0 Å². The Morgan fingerprint density at radius 3 is 1.83 bits per heavy atom. The summed E-state index contributed by atoms with van der Waals surface area (Å²) in [7, 11) is 0. The highest BCUT2D eigenvalue weighted by Gasteiger charge is 2.36. The van der Waals surface area contributed by atoms with E-state index in [1.807, 2.05) is 11.3 Å². The van der Waals surface area contributed by atoms with Crippen LogP contribution in [0, 0.1) is 0 Å². The maximum atomic E-state index is 2.53. The van der Waals surface area contributed by atoms with Crippen molar-refractivity contribution >= 4 is 48.5 Å². The molecule has 7 aromatic carbocycles. The van der Waals surface area contributed by atoms with E-state index in [4.69, 9.17) is 0 Å². The molecule has 0 saturated heterocycles. The molecule has 1 aromatic heterocycles. The minimum atomic E-state index is -0.159. The zero-order valence-corrected chi connectivity index (χ0v) is 34.3. The van der Waals surface area contributed by atoms with Crippen LogP contribution in [0.15, 0.2) is 200 Å². The molecule has 11 rings (SSSR count). The molecule has 3 aliphatic carbocycles. The molecule has 0 bridgehead atoms. The maximum Gasteiger partial charge on any atom is 0.0560 e. The van der Waals surface area contributed by atoms with E-state index in [-0.39, 0.29) is 11.5 Å². The summed E-state index contributed by atoms with van der Waals surface area (Å²) in [6.45, 7) is 4.81. The third-order valence-electron chi connectivity index (χ3n) is 12.9. The van der Waals surface area contributed by atoms with Gasteiger partial charge in [0.15, 0.2) is 0 Å². The second-order valence-electron chi connectivity index (χ2n) is 16.8. The van der Waals surface area contributed by atoms with Crippen LogP contribution in [-0.4, -0.2) is 6.04 Å². The number of anilines is 2. The third kappa shape index (κ3) is 6.31. The average molecular weight is 776 g/mol. The molecule has 0 spiro atoms. The monoisotopic (exact) mass is 775 g/mol. The van der Waals surface area contributed by atoms with Crippen molar-refractivity contribution in [2.24, 2.45) is 0 Å². The van der Waals surface area contributed by atoms with Gasteiger partial charge in [-0.3, -0.25) is 0 Å².